The van der Waals surface area contributed by atoms with E-state index in [1.807, 2.05) is 28.8 Å². The van der Waals surface area contributed by atoms with Crippen LogP contribution >= 0.6 is 0 Å². The van der Waals surface area contributed by atoms with Crippen LogP contribution in [0.25, 0.3) is 10.9 Å². The number of quaternary nitrogens is 1. The van der Waals surface area contributed by atoms with E-state index in [1.165, 1.54) is 32.4 Å². The van der Waals surface area contributed by atoms with E-state index in [4.69, 9.17) is 0 Å². The molecule has 1 aliphatic heterocycles. The summed E-state index contributed by atoms with van der Waals surface area (Å²) in [6.45, 7) is 4.14. The average molecular weight is 272 g/mol. The number of likely N-dealkylation sites (tertiary alicyclic amines) is 1. The van der Waals surface area contributed by atoms with E-state index in [2.05, 4.69) is 0 Å². The topological polar surface area (TPSA) is 49.5 Å². The number of para-hydroxylation sites is 1. The van der Waals surface area contributed by atoms with Crippen LogP contribution in [0.15, 0.2) is 30.3 Å². The summed E-state index contributed by atoms with van der Waals surface area (Å²) in [5, 5.41) is 12.3. The average Bonchev–Trinajstić information content (AvgIpc) is 2.85. The number of carbonyl (C=O) groups is 1. The number of carbonyl (C=O) groups excluding carboxylic acids is 1. The fourth-order valence-corrected chi connectivity index (χ4v) is 3.19. The number of aromatic carboxylic acids is 1. The van der Waals surface area contributed by atoms with Crippen LogP contribution in [0.5, 0.6) is 0 Å². The van der Waals surface area contributed by atoms with Gasteiger partial charge in [-0.2, -0.15) is 0 Å². The number of hydrogen-bond donors (Lipinski definition) is 1. The second kappa shape index (κ2) is 5.67. The van der Waals surface area contributed by atoms with Crippen molar-refractivity contribution in [2.24, 2.45) is 0 Å². The lowest BCUT2D eigenvalue weighted by Crippen LogP contribution is -3.13. The quantitative estimate of drug-likeness (QED) is 0.856. The molecule has 0 unspecified atom stereocenters. The minimum Gasteiger partial charge on any atom is -0.543 e. The van der Waals surface area contributed by atoms with E-state index in [-0.39, 0.29) is 0 Å². The molecule has 0 saturated carbocycles. The molecule has 2 aromatic rings. The zero-order valence-electron chi connectivity index (χ0n) is 11.6. The van der Waals surface area contributed by atoms with Crippen LogP contribution in [-0.4, -0.2) is 30.2 Å². The summed E-state index contributed by atoms with van der Waals surface area (Å²) in [5.74, 6) is -1.09. The lowest BCUT2D eigenvalue weighted by Gasteiger charge is -2.24. The van der Waals surface area contributed by atoms with Crippen molar-refractivity contribution in [2.45, 2.75) is 25.8 Å². The maximum absolute atomic E-state index is 11.3. The lowest BCUT2D eigenvalue weighted by atomic mass is 10.1. The molecule has 0 bridgehead atoms. The Balaban J connectivity index is 1.84. The number of benzene rings is 1. The Bertz CT molecular complexity index is 612. The van der Waals surface area contributed by atoms with E-state index in [1.54, 1.807) is 11.0 Å². The van der Waals surface area contributed by atoms with Crippen molar-refractivity contribution in [2.75, 3.05) is 19.6 Å². The molecular weight excluding hydrogens is 252 g/mol. The van der Waals surface area contributed by atoms with Gasteiger partial charge in [-0.25, -0.2) is 0 Å². The third-order valence-corrected chi connectivity index (χ3v) is 4.27. The highest BCUT2D eigenvalue weighted by atomic mass is 16.4. The summed E-state index contributed by atoms with van der Waals surface area (Å²) in [7, 11) is 0. The first-order valence-electron chi connectivity index (χ1n) is 7.39. The molecule has 1 N–H and O–H groups in total. The molecule has 20 heavy (non-hydrogen) atoms. The number of piperidine rings is 1. The van der Waals surface area contributed by atoms with Crippen LogP contribution in [0.4, 0.5) is 0 Å². The van der Waals surface area contributed by atoms with E-state index in [9.17, 15) is 9.90 Å². The highest BCUT2D eigenvalue weighted by Crippen LogP contribution is 2.19. The first-order chi connectivity index (χ1) is 9.75. The Morgan fingerprint density at radius 2 is 1.95 bits per heavy atom. The van der Waals surface area contributed by atoms with Crippen molar-refractivity contribution in [1.29, 1.82) is 0 Å². The van der Waals surface area contributed by atoms with E-state index >= 15 is 0 Å². The Morgan fingerprint density at radius 3 is 2.70 bits per heavy atom. The Labute approximate surface area is 118 Å². The van der Waals surface area contributed by atoms with Crippen molar-refractivity contribution in [3.05, 3.63) is 36.0 Å². The van der Waals surface area contributed by atoms with Gasteiger partial charge in [0.2, 0.25) is 0 Å². The van der Waals surface area contributed by atoms with Crippen molar-refractivity contribution in [3.8, 4) is 0 Å². The Morgan fingerprint density at radius 1 is 1.20 bits per heavy atom. The molecule has 0 atom stereocenters. The molecule has 0 aliphatic carbocycles. The summed E-state index contributed by atoms with van der Waals surface area (Å²) in [4.78, 5) is 12.9. The maximum Gasteiger partial charge on any atom is 0.0953 e. The zero-order valence-corrected chi connectivity index (χ0v) is 11.6. The fourth-order valence-electron chi connectivity index (χ4n) is 3.19. The first-order valence-corrected chi connectivity index (χ1v) is 7.39. The summed E-state index contributed by atoms with van der Waals surface area (Å²) in [6, 6.07) is 9.53. The van der Waals surface area contributed by atoms with Crippen LogP contribution < -0.4 is 10.0 Å². The molecule has 2 heterocycles. The number of fused-ring (bicyclic) bond motifs is 1. The smallest absolute Gasteiger partial charge is 0.0953 e. The van der Waals surface area contributed by atoms with Gasteiger partial charge in [-0.15, -0.1) is 0 Å². The van der Waals surface area contributed by atoms with Crippen molar-refractivity contribution < 1.29 is 14.8 Å². The summed E-state index contributed by atoms with van der Waals surface area (Å²) in [6.07, 6.45) is 3.91. The number of carboxylic acids is 1. The fraction of sp³-hybridized carbons (Fsp3) is 0.438. The zero-order chi connectivity index (χ0) is 13.9. The number of rotatable bonds is 4. The van der Waals surface area contributed by atoms with Crippen LogP contribution in [-0.2, 0) is 6.54 Å². The van der Waals surface area contributed by atoms with Crippen LogP contribution in [0.1, 0.15) is 29.8 Å². The molecular formula is C16H20N2O2. The van der Waals surface area contributed by atoms with Crippen molar-refractivity contribution in [1.82, 2.24) is 4.57 Å². The van der Waals surface area contributed by atoms with Gasteiger partial charge >= 0.3 is 0 Å². The van der Waals surface area contributed by atoms with Gasteiger partial charge in [0.05, 0.1) is 37.8 Å². The maximum atomic E-state index is 11.3. The SMILES string of the molecule is O=C([O-])c1cc2ccccc2n1CC[NH+]1CCCCC1. The third kappa shape index (κ3) is 2.56. The van der Waals surface area contributed by atoms with Crippen molar-refractivity contribution in [3.63, 3.8) is 0 Å². The summed E-state index contributed by atoms with van der Waals surface area (Å²) in [5.41, 5.74) is 1.28. The van der Waals surface area contributed by atoms with Gasteiger partial charge in [0.15, 0.2) is 0 Å². The Hall–Kier alpha value is -1.81. The number of nitrogens with zero attached hydrogens (tertiary/aromatic N) is 1. The van der Waals surface area contributed by atoms with Gasteiger partial charge in [-0.05, 0) is 31.4 Å². The van der Waals surface area contributed by atoms with Gasteiger partial charge < -0.3 is 19.4 Å². The molecule has 0 spiro atoms. The van der Waals surface area contributed by atoms with Gasteiger partial charge in [0.25, 0.3) is 0 Å². The van der Waals surface area contributed by atoms with Crippen LogP contribution in [0.2, 0.25) is 0 Å². The monoisotopic (exact) mass is 272 g/mol. The third-order valence-electron chi connectivity index (χ3n) is 4.27. The molecule has 1 aromatic heterocycles. The van der Waals surface area contributed by atoms with Gasteiger partial charge in [-0.3, -0.25) is 0 Å². The van der Waals surface area contributed by atoms with Gasteiger partial charge in [-0.1, -0.05) is 18.2 Å². The molecule has 0 amide bonds. The number of carboxylic acid groups (broad SMARTS) is 1. The predicted octanol–water partition coefficient (Wildman–Crippen LogP) is 0.0736. The normalized spacial score (nSPS) is 16.6. The predicted molar refractivity (Wildman–Crippen MR) is 75.7 cm³/mol. The molecule has 1 aromatic carbocycles. The van der Waals surface area contributed by atoms with Crippen LogP contribution in [0, 0.1) is 0 Å². The number of hydrogen-bond acceptors (Lipinski definition) is 2. The largest absolute Gasteiger partial charge is 0.543 e. The first kappa shape index (κ1) is 13.2. The molecule has 106 valence electrons. The molecule has 3 rings (SSSR count). The van der Waals surface area contributed by atoms with E-state index in [0.29, 0.717) is 5.69 Å². The van der Waals surface area contributed by atoms with Gasteiger partial charge in [0, 0.05) is 10.9 Å². The Kier molecular flexibility index (Phi) is 3.74. The van der Waals surface area contributed by atoms with E-state index < -0.39 is 5.97 Å². The molecule has 1 saturated heterocycles. The number of nitrogens with one attached hydrogen (secondary N) is 1. The van der Waals surface area contributed by atoms with Crippen molar-refractivity contribution >= 4 is 16.9 Å². The molecule has 1 aliphatic rings. The standard InChI is InChI=1S/C16H20N2O2/c19-16(20)15-12-13-6-2-3-7-14(13)18(15)11-10-17-8-4-1-5-9-17/h2-3,6-7,12H,1,4-5,8-11H2,(H,19,20). The molecule has 4 nitrogen and oxygen atoms in total. The molecule has 4 heteroatoms. The van der Waals surface area contributed by atoms with E-state index in [0.717, 1.165) is 24.0 Å². The minimum absolute atomic E-state index is 0.294. The summed E-state index contributed by atoms with van der Waals surface area (Å²) >= 11 is 0. The van der Waals surface area contributed by atoms with Gasteiger partial charge in [0.1, 0.15) is 0 Å². The highest BCUT2D eigenvalue weighted by Gasteiger charge is 2.15. The molecule has 1 fully saturated rings. The summed E-state index contributed by atoms with van der Waals surface area (Å²) < 4.78 is 1.90. The second-order valence-corrected chi connectivity index (χ2v) is 5.59. The van der Waals surface area contributed by atoms with Crippen LogP contribution in [0.3, 0.4) is 0 Å². The number of aromatic nitrogens is 1. The second-order valence-electron chi connectivity index (χ2n) is 5.59. The lowest BCUT2D eigenvalue weighted by molar-refractivity contribution is -0.905. The minimum atomic E-state index is -1.09. The molecule has 0 radical (unpaired) electrons. The highest BCUT2D eigenvalue weighted by molar-refractivity contribution is 5.93.